The van der Waals surface area contributed by atoms with Crippen molar-refractivity contribution < 1.29 is 9.21 Å². The summed E-state index contributed by atoms with van der Waals surface area (Å²) in [5.41, 5.74) is 1.91. The van der Waals surface area contributed by atoms with E-state index in [9.17, 15) is 4.79 Å². The Labute approximate surface area is 130 Å². The summed E-state index contributed by atoms with van der Waals surface area (Å²) in [6, 6.07) is 13.7. The molecule has 0 bridgehead atoms. The van der Waals surface area contributed by atoms with Crippen LogP contribution in [-0.4, -0.2) is 17.4 Å². The number of amides is 1. The number of nitrogens with one attached hydrogen (secondary N) is 1. The van der Waals surface area contributed by atoms with Gasteiger partial charge in [-0.3, -0.25) is 9.69 Å². The monoisotopic (exact) mass is 297 g/mol. The van der Waals surface area contributed by atoms with Gasteiger partial charge in [0.15, 0.2) is 0 Å². The molecule has 1 N–H and O–H groups in total. The molecule has 114 valence electrons. The Balaban J connectivity index is 1.99. The molecular formula is C17H19N3O2. The van der Waals surface area contributed by atoms with Gasteiger partial charge in [-0.1, -0.05) is 12.1 Å². The third kappa shape index (κ3) is 5.08. The zero-order valence-corrected chi connectivity index (χ0v) is 12.6. The van der Waals surface area contributed by atoms with Crippen LogP contribution in [0.4, 0.5) is 5.69 Å². The molecule has 0 radical (unpaired) electrons. The largest absolute Gasteiger partial charge is 0.468 e. The summed E-state index contributed by atoms with van der Waals surface area (Å²) in [6.07, 6.45) is 2.13. The maximum absolute atomic E-state index is 11.0. The molecule has 1 aromatic carbocycles. The third-order valence-electron chi connectivity index (χ3n) is 3.18. The molecule has 2 aromatic rings. The highest BCUT2D eigenvalue weighted by molar-refractivity contribution is 5.88. The predicted octanol–water partition coefficient (Wildman–Crippen LogP) is 3.15. The van der Waals surface area contributed by atoms with Crippen molar-refractivity contribution in [2.45, 2.75) is 26.4 Å². The van der Waals surface area contributed by atoms with E-state index in [0.29, 0.717) is 19.5 Å². The zero-order valence-electron chi connectivity index (χ0n) is 12.6. The maximum Gasteiger partial charge on any atom is 0.221 e. The standard InChI is InChI=1S/C17H19N3O2/c1-14(21)19-16-7-5-15(6-8-16)12-20(10-3-9-18)13-17-4-2-11-22-17/h2,4-8,11H,3,10,12-13H2,1H3,(H,19,21). The van der Waals surface area contributed by atoms with Gasteiger partial charge in [-0.25, -0.2) is 0 Å². The number of hydrogen-bond donors (Lipinski definition) is 1. The first-order valence-electron chi connectivity index (χ1n) is 7.15. The topological polar surface area (TPSA) is 69.3 Å². The van der Waals surface area contributed by atoms with Crippen LogP contribution >= 0.6 is 0 Å². The number of rotatable bonds is 7. The SMILES string of the molecule is CC(=O)Nc1ccc(CN(CCC#N)Cc2ccco2)cc1. The summed E-state index contributed by atoms with van der Waals surface area (Å²) >= 11 is 0. The van der Waals surface area contributed by atoms with E-state index in [1.165, 1.54) is 6.92 Å². The number of carbonyl (C=O) groups is 1. The van der Waals surface area contributed by atoms with Crippen LogP contribution in [0.25, 0.3) is 0 Å². The molecule has 22 heavy (non-hydrogen) atoms. The Bertz CT molecular complexity index is 627. The van der Waals surface area contributed by atoms with Gasteiger partial charge in [-0.2, -0.15) is 5.26 Å². The Kier molecular flexibility index (Phi) is 5.75. The second kappa shape index (κ2) is 8.01. The van der Waals surface area contributed by atoms with E-state index in [1.54, 1.807) is 6.26 Å². The summed E-state index contributed by atoms with van der Waals surface area (Å²) < 4.78 is 5.37. The summed E-state index contributed by atoms with van der Waals surface area (Å²) in [4.78, 5) is 13.2. The number of benzene rings is 1. The molecule has 0 aliphatic carbocycles. The van der Waals surface area contributed by atoms with Crippen LogP contribution < -0.4 is 5.32 Å². The van der Waals surface area contributed by atoms with Crippen molar-refractivity contribution in [3.63, 3.8) is 0 Å². The van der Waals surface area contributed by atoms with Crippen LogP contribution in [0, 0.1) is 11.3 Å². The first-order valence-corrected chi connectivity index (χ1v) is 7.15. The quantitative estimate of drug-likeness (QED) is 0.852. The summed E-state index contributed by atoms with van der Waals surface area (Å²) in [5, 5.41) is 11.5. The molecule has 5 nitrogen and oxygen atoms in total. The first kappa shape index (κ1) is 15.8. The van der Waals surface area contributed by atoms with Crippen molar-refractivity contribution in [3.8, 4) is 6.07 Å². The highest BCUT2D eigenvalue weighted by Crippen LogP contribution is 2.14. The lowest BCUT2D eigenvalue weighted by molar-refractivity contribution is -0.114. The van der Waals surface area contributed by atoms with Gasteiger partial charge in [0, 0.05) is 32.1 Å². The Morgan fingerprint density at radius 3 is 2.64 bits per heavy atom. The number of hydrogen-bond acceptors (Lipinski definition) is 4. The minimum Gasteiger partial charge on any atom is -0.468 e. The zero-order chi connectivity index (χ0) is 15.8. The summed E-state index contributed by atoms with van der Waals surface area (Å²) in [5.74, 6) is 0.800. The number of nitriles is 1. The lowest BCUT2D eigenvalue weighted by Crippen LogP contribution is -2.23. The lowest BCUT2D eigenvalue weighted by atomic mass is 10.2. The molecule has 0 aliphatic rings. The minimum atomic E-state index is -0.0822. The van der Waals surface area contributed by atoms with E-state index in [2.05, 4.69) is 16.3 Å². The number of furan rings is 1. The third-order valence-corrected chi connectivity index (χ3v) is 3.18. The van der Waals surface area contributed by atoms with Crippen LogP contribution in [0.5, 0.6) is 0 Å². The molecule has 0 saturated heterocycles. The predicted molar refractivity (Wildman–Crippen MR) is 83.8 cm³/mol. The Morgan fingerprint density at radius 2 is 2.05 bits per heavy atom. The number of carbonyl (C=O) groups excluding carboxylic acids is 1. The number of nitrogens with zero attached hydrogens (tertiary/aromatic N) is 2. The molecule has 0 fully saturated rings. The average Bonchev–Trinajstić information content (AvgIpc) is 2.99. The molecule has 1 amide bonds. The van der Waals surface area contributed by atoms with Gasteiger partial charge in [0.25, 0.3) is 0 Å². The molecule has 1 heterocycles. The van der Waals surface area contributed by atoms with Crippen molar-refractivity contribution in [1.29, 1.82) is 5.26 Å². The average molecular weight is 297 g/mol. The van der Waals surface area contributed by atoms with Crippen molar-refractivity contribution in [1.82, 2.24) is 4.90 Å². The fourth-order valence-electron chi connectivity index (χ4n) is 2.20. The van der Waals surface area contributed by atoms with Gasteiger partial charge in [0.1, 0.15) is 5.76 Å². The van der Waals surface area contributed by atoms with E-state index in [4.69, 9.17) is 9.68 Å². The summed E-state index contributed by atoms with van der Waals surface area (Å²) in [6.45, 7) is 3.57. The highest BCUT2D eigenvalue weighted by atomic mass is 16.3. The smallest absolute Gasteiger partial charge is 0.221 e. The molecule has 1 aromatic heterocycles. The fourth-order valence-corrected chi connectivity index (χ4v) is 2.20. The Morgan fingerprint density at radius 1 is 1.27 bits per heavy atom. The first-order chi connectivity index (χ1) is 10.7. The molecule has 0 unspecified atom stereocenters. The van der Waals surface area contributed by atoms with Crippen molar-refractivity contribution in [3.05, 3.63) is 54.0 Å². The summed E-state index contributed by atoms with van der Waals surface area (Å²) in [7, 11) is 0. The van der Waals surface area contributed by atoms with Gasteiger partial charge in [0.2, 0.25) is 5.91 Å². The van der Waals surface area contributed by atoms with Crippen LogP contribution in [0.3, 0.4) is 0 Å². The van der Waals surface area contributed by atoms with E-state index >= 15 is 0 Å². The normalized spacial score (nSPS) is 10.4. The lowest BCUT2D eigenvalue weighted by Gasteiger charge is -2.20. The van der Waals surface area contributed by atoms with E-state index < -0.39 is 0 Å². The van der Waals surface area contributed by atoms with Crippen LogP contribution in [-0.2, 0) is 17.9 Å². The second-order valence-electron chi connectivity index (χ2n) is 5.08. The molecule has 0 spiro atoms. The van der Waals surface area contributed by atoms with Crippen molar-refractivity contribution in [2.75, 3.05) is 11.9 Å². The molecule has 2 rings (SSSR count). The maximum atomic E-state index is 11.0. The van der Waals surface area contributed by atoms with Crippen LogP contribution in [0.1, 0.15) is 24.7 Å². The van der Waals surface area contributed by atoms with Gasteiger partial charge < -0.3 is 9.73 Å². The minimum absolute atomic E-state index is 0.0822. The fraction of sp³-hybridized carbons (Fsp3) is 0.294. The Hall–Kier alpha value is -2.58. The van der Waals surface area contributed by atoms with Gasteiger partial charge >= 0.3 is 0 Å². The van der Waals surface area contributed by atoms with Crippen molar-refractivity contribution in [2.24, 2.45) is 0 Å². The molecule has 0 aliphatic heterocycles. The van der Waals surface area contributed by atoms with Gasteiger partial charge in [-0.15, -0.1) is 0 Å². The van der Waals surface area contributed by atoms with Gasteiger partial charge in [-0.05, 0) is 29.8 Å². The van der Waals surface area contributed by atoms with Crippen LogP contribution in [0.15, 0.2) is 47.1 Å². The van der Waals surface area contributed by atoms with Crippen LogP contribution in [0.2, 0.25) is 0 Å². The van der Waals surface area contributed by atoms with Crippen molar-refractivity contribution >= 4 is 11.6 Å². The highest BCUT2D eigenvalue weighted by Gasteiger charge is 2.09. The van der Waals surface area contributed by atoms with E-state index in [1.807, 2.05) is 36.4 Å². The molecule has 0 saturated carbocycles. The molecular weight excluding hydrogens is 278 g/mol. The van der Waals surface area contributed by atoms with Gasteiger partial charge in [0.05, 0.1) is 18.9 Å². The molecule has 5 heteroatoms. The van der Waals surface area contributed by atoms with E-state index in [0.717, 1.165) is 23.6 Å². The van der Waals surface area contributed by atoms with E-state index in [-0.39, 0.29) is 5.91 Å². The number of anilines is 1. The molecule has 0 atom stereocenters. The second-order valence-corrected chi connectivity index (χ2v) is 5.08.